The number of nitrogens with two attached hydrogens (primary N) is 1. The van der Waals surface area contributed by atoms with E-state index in [-0.39, 0.29) is 0 Å². The lowest BCUT2D eigenvalue weighted by Crippen LogP contribution is -2.23. The van der Waals surface area contributed by atoms with Gasteiger partial charge in [-0.2, -0.15) is 4.98 Å². The molecule has 3 N–H and O–H groups in total. The molecule has 0 unspecified atom stereocenters. The summed E-state index contributed by atoms with van der Waals surface area (Å²) in [4.78, 5) is 8.12. The van der Waals surface area contributed by atoms with Gasteiger partial charge in [0, 0.05) is 31.5 Å². The molecule has 1 aromatic heterocycles. The summed E-state index contributed by atoms with van der Waals surface area (Å²) in [6.45, 7) is 4.65. The molecule has 0 spiro atoms. The molecule has 0 aromatic carbocycles. The summed E-state index contributed by atoms with van der Waals surface area (Å²) in [7, 11) is 0. The van der Waals surface area contributed by atoms with Gasteiger partial charge < -0.3 is 15.8 Å². The Kier molecular flexibility index (Phi) is 3.56. The molecule has 5 nitrogen and oxygen atoms in total. The Bertz CT molecular complexity index is 350. The number of hydrogen-bond acceptors (Lipinski definition) is 5. The molecule has 16 heavy (non-hydrogen) atoms. The van der Waals surface area contributed by atoms with E-state index in [0.717, 1.165) is 44.0 Å². The van der Waals surface area contributed by atoms with Crippen molar-refractivity contribution in [1.82, 2.24) is 9.97 Å². The second-order valence-electron chi connectivity index (χ2n) is 4.20. The molecule has 5 heteroatoms. The van der Waals surface area contributed by atoms with Gasteiger partial charge in [-0.3, -0.25) is 0 Å². The van der Waals surface area contributed by atoms with Crippen LogP contribution in [0.25, 0.3) is 0 Å². The molecule has 0 bridgehead atoms. The van der Waals surface area contributed by atoms with Gasteiger partial charge in [-0.25, -0.2) is 4.98 Å². The van der Waals surface area contributed by atoms with Crippen LogP contribution in [0.3, 0.4) is 0 Å². The summed E-state index contributed by atoms with van der Waals surface area (Å²) >= 11 is 0. The second kappa shape index (κ2) is 5.12. The molecule has 1 aromatic rings. The third-order valence-corrected chi connectivity index (χ3v) is 2.89. The Hall–Kier alpha value is -1.36. The quantitative estimate of drug-likeness (QED) is 0.804. The van der Waals surface area contributed by atoms with Crippen molar-refractivity contribution >= 4 is 11.8 Å². The third-order valence-electron chi connectivity index (χ3n) is 2.89. The van der Waals surface area contributed by atoms with Gasteiger partial charge in [0.05, 0.1) is 0 Å². The molecule has 0 amide bonds. The number of nitrogens with one attached hydrogen (secondary N) is 1. The number of hydrogen-bond donors (Lipinski definition) is 2. The number of nitrogens with zero attached hydrogens (tertiary/aromatic N) is 2. The average Bonchev–Trinajstić information content (AvgIpc) is 2.32. The van der Waals surface area contributed by atoms with E-state index in [4.69, 9.17) is 10.5 Å². The number of ether oxygens (including phenoxy) is 1. The normalized spacial score (nSPS) is 17.3. The fourth-order valence-corrected chi connectivity index (χ4v) is 1.83. The lowest BCUT2D eigenvalue weighted by Gasteiger charge is -2.22. The van der Waals surface area contributed by atoms with Crippen LogP contribution in [0.4, 0.5) is 11.8 Å². The summed E-state index contributed by atoms with van der Waals surface area (Å²) in [5, 5.41) is 3.34. The van der Waals surface area contributed by atoms with Crippen LogP contribution in [0, 0.1) is 12.8 Å². The van der Waals surface area contributed by atoms with Crippen LogP contribution in [-0.4, -0.2) is 29.7 Å². The van der Waals surface area contributed by atoms with E-state index in [1.165, 1.54) is 0 Å². The van der Waals surface area contributed by atoms with Crippen LogP contribution in [-0.2, 0) is 4.74 Å². The van der Waals surface area contributed by atoms with Crippen molar-refractivity contribution in [3.8, 4) is 0 Å². The minimum absolute atomic E-state index is 0.320. The van der Waals surface area contributed by atoms with E-state index in [2.05, 4.69) is 15.3 Å². The van der Waals surface area contributed by atoms with Crippen molar-refractivity contribution in [3.63, 3.8) is 0 Å². The zero-order valence-corrected chi connectivity index (χ0v) is 9.57. The number of anilines is 2. The number of nitrogen functional groups attached to an aromatic ring is 1. The van der Waals surface area contributed by atoms with Crippen LogP contribution in [0.5, 0.6) is 0 Å². The first kappa shape index (κ1) is 11.1. The molecule has 1 fully saturated rings. The van der Waals surface area contributed by atoms with Crippen LogP contribution in [0.15, 0.2) is 6.20 Å². The Balaban J connectivity index is 1.90. The first-order chi connectivity index (χ1) is 7.75. The van der Waals surface area contributed by atoms with E-state index < -0.39 is 0 Å². The number of rotatable bonds is 3. The SMILES string of the molecule is Cc1cnc(N)nc1NCC1CCOCC1. The molecule has 0 saturated carbocycles. The summed E-state index contributed by atoms with van der Waals surface area (Å²) in [6, 6.07) is 0. The van der Waals surface area contributed by atoms with E-state index in [0.29, 0.717) is 11.9 Å². The largest absolute Gasteiger partial charge is 0.381 e. The smallest absolute Gasteiger partial charge is 0.221 e. The lowest BCUT2D eigenvalue weighted by molar-refractivity contribution is 0.0699. The monoisotopic (exact) mass is 222 g/mol. The summed E-state index contributed by atoms with van der Waals surface area (Å²) in [5.41, 5.74) is 6.58. The zero-order valence-electron chi connectivity index (χ0n) is 9.57. The van der Waals surface area contributed by atoms with Crippen molar-refractivity contribution in [3.05, 3.63) is 11.8 Å². The second-order valence-corrected chi connectivity index (χ2v) is 4.20. The van der Waals surface area contributed by atoms with Gasteiger partial charge in [-0.1, -0.05) is 0 Å². The van der Waals surface area contributed by atoms with E-state index in [1.54, 1.807) is 6.20 Å². The molecule has 88 valence electrons. The molecule has 0 atom stereocenters. The van der Waals surface area contributed by atoms with Gasteiger partial charge in [-0.15, -0.1) is 0 Å². The zero-order chi connectivity index (χ0) is 11.4. The molecule has 1 saturated heterocycles. The molecular weight excluding hydrogens is 204 g/mol. The average molecular weight is 222 g/mol. The molecular formula is C11H18N4O. The number of aryl methyl sites for hydroxylation is 1. The van der Waals surface area contributed by atoms with Gasteiger partial charge in [0.2, 0.25) is 5.95 Å². The summed E-state index contributed by atoms with van der Waals surface area (Å²) in [6.07, 6.45) is 3.98. The van der Waals surface area contributed by atoms with E-state index in [1.807, 2.05) is 6.92 Å². The van der Waals surface area contributed by atoms with Crippen LogP contribution in [0.2, 0.25) is 0 Å². The highest BCUT2D eigenvalue weighted by Gasteiger charge is 2.14. The highest BCUT2D eigenvalue weighted by atomic mass is 16.5. The maximum Gasteiger partial charge on any atom is 0.221 e. The van der Waals surface area contributed by atoms with Gasteiger partial charge >= 0.3 is 0 Å². The Morgan fingerprint density at radius 2 is 2.25 bits per heavy atom. The summed E-state index contributed by atoms with van der Waals surface area (Å²) < 4.78 is 5.32. The maximum atomic E-state index is 5.55. The van der Waals surface area contributed by atoms with Crippen molar-refractivity contribution in [1.29, 1.82) is 0 Å². The first-order valence-electron chi connectivity index (χ1n) is 5.66. The fourth-order valence-electron chi connectivity index (χ4n) is 1.83. The Morgan fingerprint density at radius 1 is 1.50 bits per heavy atom. The highest BCUT2D eigenvalue weighted by molar-refractivity contribution is 5.44. The minimum atomic E-state index is 0.320. The minimum Gasteiger partial charge on any atom is -0.381 e. The van der Waals surface area contributed by atoms with Crippen molar-refractivity contribution in [2.24, 2.45) is 5.92 Å². The van der Waals surface area contributed by atoms with E-state index in [9.17, 15) is 0 Å². The predicted octanol–water partition coefficient (Wildman–Crippen LogP) is 1.21. The van der Waals surface area contributed by atoms with Gasteiger partial charge in [0.15, 0.2) is 0 Å². The maximum absolute atomic E-state index is 5.55. The molecule has 0 aliphatic carbocycles. The summed E-state index contributed by atoms with van der Waals surface area (Å²) in [5.74, 6) is 1.84. The topological polar surface area (TPSA) is 73.1 Å². The Labute approximate surface area is 95.4 Å². The van der Waals surface area contributed by atoms with E-state index >= 15 is 0 Å². The van der Waals surface area contributed by atoms with Gasteiger partial charge in [0.1, 0.15) is 5.82 Å². The fraction of sp³-hybridized carbons (Fsp3) is 0.636. The number of aromatic nitrogens is 2. The molecule has 0 radical (unpaired) electrons. The van der Waals surface area contributed by atoms with Crippen molar-refractivity contribution in [2.75, 3.05) is 30.8 Å². The predicted molar refractivity (Wildman–Crippen MR) is 63.2 cm³/mol. The van der Waals surface area contributed by atoms with Crippen molar-refractivity contribution in [2.45, 2.75) is 19.8 Å². The van der Waals surface area contributed by atoms with Crippen LogP contribution < -0.4 is 11.1 Å². The standard InChI is InChI=1S/C11H18N4O/c1-8-6-14-11(12)15-10(8)13-7-9-2-4-16-5-3-9/h6,9H,2-5,7H2,1H3,(H3,12,13,14,15). The molecule has 2 rings (SSSR count). The third kappa shape index (κ3) is 2.82. The first-order valence-corrected chi connectivity index (χ1v) is 5.66. The van der Waals surface area contributed by atoms with Crippen molar-refractivity contribution < 1.29 is 4.74 Å². The van der Waals surface area contributed by atoms with Gasteiger partial charge in [-0.05, 0) is 25.7 Å². The molecule has 1 aliphatic heterocycles. The van der Waals surface area contributed by atoms with Crippen LogP contribution >= 0.6 is 0 Å². The lowest BCUT2D eigenvalue weighted by atomic mass is 10.0. The molecule has 2 heterocycles. The van der Waals surface area contributed by atoms with Crippen LogP contribution in [0.1, 0.15) is 18.4 Å². The Morgan fingerprint density at radius 3 is 3.00 bits per heavy atom. The highest BCUT2D eigenvalue weighted by Crippen LogP contribution is 2.17. The van der Waals surface area contributed by atoms with Gasteiger partial charge in [0.25, 0.3) is 0 Å². The molecule has 1 aliphatic rings.